The van der Waals surface area contributed by atoms with E-state index in [9.17, 15) is 9.18 Å². The lowest BCUT2D eigenvalue weighted by atomic mass is 10.2. The lowest BCUT2D eigenvalue weighted by Crippen LogP contribution is -2.28. The normalized spacial score (nSPS) is 11.0. The van der Waals surface area contributed by atoms with Crippen LogP contribution in [0.1, 0.15) is 5.56 Å². The smallest absolute Gasteiger partial charge is 0.264 e. The molecule has 0 radical (unpaired) electrons. The van der Waals surface area contributed by atoms with Gasteiger partial charge in [-0.25, -0.2) is 9.07 Å². The molecule has 0 fully saturated rings. The summed E-state index contributed by atoms with van der Waals surface area (Å²) < 4.78 is 19.8. The number of anilines is 1. The molecule has 164 valence electrons. The first-order valence-corrected chi connectivity index (χ1v) is 11.1. The van der Waals surface area contributed by atoms with Gasteiger partial charge in [-0.05, 0) is 48.2 Å². The monoisotopic (exact) mass is 472 g/mol. The van der Waals surface area contributed by atoms with Gasteiger partial charge in [0.2, 0.25) is 11.7 Å². The van der Waals surface area contributed by atoms with E-state index in [0.29, 0.717) is 21.4 Å². The van der Waals surface area contributed by atoms with E-state index >= 15 is 0 Å². The van der Waals surface area contributed by atoms with E-state index in [-0.39, 0.29) is 36.5 Å². The standard InChI is InChI=1S/C21H18ClFN6O2S/c1-32-21-17(20-26-19(28-31-20)13-4-6-14(22)7-5-13)18(24)29(27-21)11-16(30)25-10-12-2-8-15(23)9-3-12/h2-9H,10-11,24H2,1H3,(H,25,30). The SMILES string of the molecule is CSc1nn(CC(=O)NCc2ccc(F)cc2)c(N)c1-c1nc(-c2ccc(Cl)cc2)no1. The molecule has 0 aliphatic rings. The van der Waals surface area contributed by atoms with E-state index in [1.807, 2.05) is 6.26 Å². The van der Waals surface area contributed by atoms with E-state index in [1.165, 1.54) is 28.6 Å². The number of nitrogen functional groups attached to an aromatic ring is 1. The number of hydrogen-bond acceptors (Lipinski definition) is 7. The van der Waals surface area contributed by atoms with Crippen molar-refractivity contribution in [1.29, 1.82) is 0 Å². The third-order valence-corrected chi connectivity index (χ3v) is 5.52. The zero-order chi connectivity index (χ0) is 22.7. The number of carbonyl (C=O) groups is 1. The van der Waals surface area contributed by atoms with Crippen molar-refractivity contribution in [2.24, 2.45) is 0 Å². The summed E-state index contributed by atoms with van der Waals surface area (Å²) in [7, 11) is 0. The summed E-state index contributed by atoms with van der Waals surface area (Å²) >= 11 is 7.27. The van der Waals surface area contributed by atoms with Gasteiger partial charge in [0.1, 0.15) is 28.8 Å². The molecule has 0 aliphatic heterocycles. The summed E-state index contributed by atoms with van der Waals surface area (Å²) in [4.78, 5) is 16.8. The Hall–Kier alpha value is -3.37. The quantitative estimate of drug-likeness (QED) is 0.391. The maximum absolute atomic E-state index is 13.0. The molecule has 4 aromatic rings. The van der Waals surface area contributed by atoms with Crippen molar-refractivity contribution in [2.45, 2.75) is 18.1 Å². The molecule has 0 spiro atoms. The number of aromatic nitrogens is 4. The van der Waals surface area contributed by atoms with Crippen LogP contribution in [-0.4, -0.2) is 32.1 Å². The van der Waals surface area contributed by atoms with Gasteiger partial charge in [-0.3, -0.25) is 4.79 Å². The summed E-state index contributed by atoms with van der Waals surface area (Å²) in [6.07, 6.45) is 1.83. The van der Waals surface area contributed by atoms with Gasteiger partial charge in [-0.1, -0.05) is 28.9 Å². The van der Waals surface area contributed by atoms with Crippen molar-refractivity contribution in [3.05, 3.63) is 64.9 Å². The van der Waals surface area contributed by atoms with Crippen LogP contribution in [-0.2, 0) is 17.9 Å². The molecule has 4 rings (SSSR count). The number of halogens is 2. The summed E-state index contributed by atoms with van der Waals surface area (Å²) in [6.45, 7) is 0.162. The highest BCUT2D eigenvalue weighted by molar-refractivity contribution is 7.98. The number of rotatable bonds is 7. The zero-order valence-electron chi connectivity index (χ0n) is 16.9. The number of hydrogen-bond donors (Lipinski definition) is 2. The Morgan fingerprint density at radius 1 is 1.22 bits per heavy atom. The highest BCUT2D eigenvalue weighted by Crippen LogP contribution is 2.34. The molecule has 11 heteroatoms. The van der Waals surface area contributed by atoms with E-state index < -0.39 is 0 Å². The van der Waals surface area contributed by atoms with Crippen LogP contribution in [0, 0.1) is 5.82 Å². The Labute approximate surface area is 191 Å². The first kappa shape index (κ1) is 21.8. The van der Waals surface area contributed by atoms with Crippen LogP contribution in [0.5, 0.6) is 0 Å². The van der Waals surface area contributed by atoms with E-state index in [0.717, 1.165) is 11.1 Å². The maximum atomic E-state index is 13.0. The molecule has 0 aliphatic carbocycles. The number of nitrogens with two attached hydrogens (primary N) is 1. The van der Waals surface area contributed by atoms with Crippen LogP contribution < -0.4 is 11.1 Å². The van der Waals surface area contributed by atoms with Crippen LogP contribution in [0.2, 0.25) is 5.02 Å². The molecule has 2 aromatic heterocycles. The third kappa shape index (κ3) is 4.76. The second-order valence-electron chi connectivity index (χ2n) is 6.76. The van der Waals surface area contributed by atoms with E-state index in [4.69, 9.17) is 21.9 Å². The molecule has 2 aromatic carbocycles. The van der Waals surface area contributed by atoms with Gasteiger partial charge in [0, 0.05) is 17.1 Å². The van der Waals surface area contributed by atoms with Crippen molar-refractivity contribution >= 4 is 35.1 Å². The molecule has 8 nitrogen and oxygen atoms in total. The molecule has 0 saturated heterocycles. The van der Waals surface area contributed by atoms with Gasteiger partial charge >= 0.3 is 0 Å². The Morgan fingerprint density at radius 3 is 2.62 bits per heavy atom. The predicted octanol–water partition coefficient (Wildman–Crippen LogP) is 4.01. The molecule has 3 N–H and O–H groups in total. The number of benzene rings is 2. The molecule has 0 atom stereocenters. The van der Waals surface area contributed by atoms with Crippen molar-refractivity contribution in [1.82, 2.24) is 25.2 Å². The predicted molar refractivity (Wildman–Crippen MR) is 120 cm³/mol. The number of nitrogens with one attached hydrogen (secondary N) is 1. The van der Waals surface area contributed by atoms with Crippen LogP contribution in [0.4, 0.5) is 10.2 Å². The average molecular weight is 473 g/mol. The fourth-order valence-electron chi connectivity index (χ4n) is 2.95. The van der Waals surface area contributed by atoms with Gasteiger partial charge in [0.25, 0.3) is 5.89 Å². The van der Waals surface area contributed by atoms with Crippen LogP contribution in [0.3, 0.4) is 0 Å². The maximum Gasteiger partial charge on any atom is 0.264 e. The highest BCUT2D eigenvalue weighted by atomic mass is 35.5. The van der Waals surface area contributed by atoms with Crippen molar-refractivity contribution in [2.75, 3.05) is 12.0 Å². The lowest BCUT2D eigenvalue weighted by molar-refractivity contribution is -0.122. The topological polar surface area (TPSA) is 112 Å². The average Bonchev–Trinajstić information content (AvgIpc) is 3.38. The van der Waals surface area contributed by atoms with Gasteiger partial charge in [-0.15, -0.1) is 11.8 Å². The second kappa shape index (κ2) is 9.41. The minimum Gasteiger partial charge on any atom is -0.383 e. The largest absolute Gasteiger partial charge is 0.383 e. The molecule has 32 heavy (non-hydrogen) atoms. The van der Waals surface area contributed by atoms with Gasteiger partial charge < -0.3 is 15.6 Å². The summed E-state index contributed by atoms with van der Waals surface area (Å²) in [5.74, 6) is 0.192. The Kier molecular flexibility index (Phi) is 6.42. The Bertz CT molecular complexity index is 1240. The minimum absolute atomic E-state index is 0.0984. The highest BCUT2D eigenvalue weighted by Gasteiger charge is 2.23. The van der Waals surface area contributed by atoms with E-state index in [2.05, 4.69) is 20.6 Å². The molecular weight excluding hydrogens is 455 g/mol. The fraction of sp³-hybridized carbons (Fsp3) is 0.143. The molecule has 2 heterocycles. The number of amides is 1. The number of thioether (sulfide) groups is 1. The van der Waals surface area contributed by atoms with Crippen LogP contribution >= 0.6 is 23.4 Å². The summed E-state index contributed by atoms with van der Waals surface area (Å²) in [5.41, 5.74) is 8.26. The number of carbonyl (C=O) groups excluding carboxylic acids is 1. The molecule has 0 bridgehead atoms. The molecular formula is C21H18ClFN6O2S. The molecule has 0 saturated carbocycles. The Morgan fingerprint density at radius 2 is 1.94 bits per heavy atom. The number of nitrogens with zero attached hydrogens (tertiary/aromatic N) is 4. The summed E-state index contributed by atoms with van der Waals surface area (Å²) in [5, 5.41) is 12.3. The minimum atomic E-state index is -0.332. The van der Waals surface area contributed by atoms with Crippen LogP contribution in [0.15, 0.2) is 58.1 Å². The fourth-order valence-corrected chi connectivity index (χ4v) is 3.65. The Balaban J connectivity index is 1.51. The zero-order valence-corrected chi connectivity index (χ0v) is 18.5. The van der Waals surface area contributed by atoms with Crippen molar-refractivity contribution < 1.29 is 13.7 Å². The second-order valence-corrected chi connectivity index (χ2v) is 7.99. The molecule has 0 unspecified atom stereocenters. The van der Waals surface area contributed by atoms with E-state index in [1.54, 1.807) is 36.4 Å². The first-order valence-electron chi connectivity index (χ1n) is 9.46. The third-order valence-electron chi connectivity index (χ3n) is 4.59. The van der Waals surface area contributed by atoms with Crippen molar-refractivity contribution in [3.63, 3.8) is 0 Å². The van der Waals surface area contributed by atoms with Gasteiger partial charge in [-0.2, -0.15) is 10.1 Å². The summed E-state index contributed by atoms with van der Waals surface area (Å²) in [6, 6.07) is 12.9. The molecule has 1 amide bonds. The lowest BCUT2D eigenvalue weighted by Gasteiger charge is -2.07. The van der Waals surface area contributed by atoms with Gasteiger partial charge in [0.05, 0.1) is 0 Å². The van der Waals surface area contributed by atoms with Crippen LogP contribution in [0.25, 0.3) is 22.8 Å². The van der Waals surface area contributed by atoms with Crippen molar-refractivity contribution in [3.8, 4) is 22.8 Å². The van der Waals surface area contributed by atoms with Gasteiger partial charge in [0.15, 0.2) is 0 Å². The first-order chi connectivity index (χ1) is 15.4.